The molecule has 0 atom stereocenters. The Bertz CT molecular complexity index is 430. The Kier molecular flexibility index (Phi) is 4.96. The van der Waals surface area contributed by atoms with Crippen LogP contribution in [0.3, 0.4) is 0 Å². The maximum atomic E-state index is 5.75. The average Bonchev–Trinajstić information content (AvgIpc) is 2.27. The second-order valence-electron chi connectivity index (χ2n) is 5.03. The summed E-state index contributed by atoms with van der Waals surface area (Å²) in [5.74, 6) is 0.796. The Morgan fingerprint density at radius 1 is 1.44 bits per heavy atom. The van der Waals surface area contributed by atoms with Gasteiger partial charge in [-0.05, 0) is 32.4 Å². The highest BCUT2D eigenvalue weighted by atomic mass is 32.1. The van der Waals surface area contributed by atoms with Gasteiger partial charge < -0.3 is 15.8 Å². The summed E-state index contributed by atoms with van der Waals surface area (Å²) in [6.07, 6.45) is 2.19. The third-order valence-corrected chi connectivity index (χ3v) is 3.06. The fourth-order valence-corrected chi connectivity index (χ4v) is 2.20. The molecule has 0 fully saturated rings. The lowest BCUT2D eigenvalue weighted by atomic mass is 9.97. The SMILES string of the molecule is CCCC(C)(C)Nc1cc(OC)ccc1C(N)=S. The molecule has 0 aliphatic heterocycles. The number of benzene rings is 1. The normalized spacial score (nSPS) is 11.1. The van der Waals surface area contributed by atoms with Gasteiger partial charge in [0.1, 0.15) is 10.7 Å². The van der Waals surface area contributed by atoms with Gasteiger partial charge in [-0.1, -0.05) is 25.6 Å². The number of thiocarbonyl (C=S) groups is 1. The summed E-state index contributed by atoms with van der Waals surface area (Å²) in [5.41, 5.74) is 7.54. The van der Waals surface area contributed by atoms with Crippen molar-refractivity contribution in [1.82, 2.24) is 0 Å². The molecule has 100 valence electrons. The molecule has 0 bridgehead atoms. The van der Waals surface area contributed by atoms with Crippen molar-refractivity contribution in [3.05, 3.63) is 23.8 Å². The van der Waals surface area contributed by atoms with E-state index < -0.39 is 0 Å². The predicted molar refractivity (Wildman–Crippen MR) is 81.5 cm³/mol. The van der Waals surface area contributed by atoms with Gasteiger partial charge in [0.25, 0.3) is 0 Å². The molecule has 3 N–H and O–H groups in total. The predicted octanol–water partition coefficient (Wildman–Crippen LogP) is 3.32. The van der Waals surface area contributed by atoms with Crippen molar-refractivity contribution >= 4 is 22.9 Å². The molecule has 0 heterocycles. The Balaban J connectivity index is 3.08. The highest BCUT2D eigenvalue weighted by molar-refractivity contribution is 7.80. The summed E-state index contributed by atoms with van der Waals surface area (Å²) < 4.78 is 5.24. The number of rotatable bonds is 6. The third kappa shape index (κ3) is 3.88. The van der Waals surface area contributed by atoms with E-state index in [4.69, 9.17) is 22.7 Å². The first-order valence-electron chi connectivity index (χ1n) is 6.15. The smallest absolute Gasteiger partial charge is 0.120 e. The molecule has 0 aliphatic carbocycles. The summed E-state index contributed by atoms with van der Waals surface area (Å²) in [6.45, 7) is 6.50. The Morgan fingerprint density at radius 3 is 2.61 bits per heavy atom. The molecule has 0 amide bonds. The number of hydrogen-bond donors (Lipinski definition) is 2. The van der Waals surface area contributed by atoms with Crippen LogP contribution in [0.4, 0.5) is 5.69 Å². The molecule has 0 aliphatic rings. The molecular formula is C14H22N2OS. The topological polar surface area (TPSA) is 47.3 Å². The van der Waals surface area contributed by atoms with E-state index in [-0.39, 0.29) is 5.54 Å². The van der Waals surface area contributed by atoms with Gasteiger partial charge in [0.05, 0.1) is 7.11 Å². The number of nitrogens with two attached hydrogens (primary N) is 1. The first-order chi connectivity index (χ1) is 8.39. The van der Waals surface area contributed by atoms with E-state index in [1.807, 2.05) is 18.2 Å². The van der Waals surface area contributed by atoms with Crippen molar-refractivity contribution in [3.8, 4) is 5.75 Å². The first kappa shape index (κ1) is 14.8. The molecule has 0 unspecified atom stereocenters. The van der Waals surface area contributed by atoms with Crippen molar-refractivity contribution in [1.29, 1.82) is 0 Å². The Hall–Kier alpha value is -1.29. The maximum absolute atomic E-state index is 5.75. The van der Waals surface area contributed by atoms with Gasteiger partial charge >= 0.3 is 0 Å². The molecule has 1 aromatic rings. The summed E-state index contributed by atoms with van der Waals surface area (Å²) in [5, 5.41) is 3.50. The quantitative estimate of drug-likeness (QED) is 0.775. The van der Waals surface area contributed by atoms with Crippen LogP contribution in [0, 0.1) is 0 Å². The molecule has 0 saturated heterocycles. The fourth-order valence-electron chi connectivity index (χ4n) is 2.02. The van der Waals surface area contributed by atoms with Crippen LogP contribution in [0.25, 0.3) is 0 Å². The molecular weight excluding hydrogens is 244 g/mol. The molecule has 0 saturated carbocycles. The summed E-state index contributed by atoms with van der Waals surface area (Å²) in [6, 6.07) is 5.70. The van der Waals surface area contributed by atoms with E-state index in [1.165, 1.54) is 0 Å². The second-order valence-corrected chi connectivity index (χ2v) is 5.47. The number of methoxy groups -OCH3 is 1. The molecule has 1 rings (SSSR count). The zero-order valence-electron chi connectivity index (χ0n) is 11.5. The highest BCUT2D eigenvalue weighted by Gasteiger charge is 2.18. The van der Waals surface area contributed by atoms with Crippen LogP contribution in [0.15, 0.2) is 18.2 Å². The number of ether oxygens (including phenoxy) is 1. The minimum absolute atomic E-state index is 0.000643. The largest absolute Gasteiger partial charge is 0.497 e. The lowest BCUT2D eigenvalue weighted by molar-refractivity contribution is 0.414. The number of anilines is 1. The van der Waals surface area contributed by atoms with Crippen LogP contribution in [0.1, 0.15) is 39.2 Å². The molecule has 3 nitrogen and oxygen atoms in total. The van der Waals surface area contributed by atoms with Gasteiger partial charge in [0.15, 0.2) is 0 Å². The van der Waals surface area contributed by atoms with E-state index in [0.29, 0.717) is 4.99 Å². The molecule has 0 radical (unpaired) electrons. The van der Waals surface area contributed by atoms with Gasteiger partial charge in [0.2, 0.25) is 0 Å². The van der Waals surface area contributed by atoms with Gasteiger partial charge in [0, 0.05) is 22.9 Å². The van der Waals surface area contributed by atoms with Gasteiger partial charge in [-0.25, -0.2) is 0 Å². The minimum atomic E-state index is 0.000643. The third-order valence-electron chi connectivity index (χ3n) is 2.84. The highest BCUT2D eigenvalue weighted by Crippen LogP contribution is 2.27. The van der Waals surface area contributed by atoms with E-state index in [0.717, 1.165) is 29.8 Å². The second kappa shape index (κ2) is 6.05. The molecule has 0 spiro atoms. The van der Waals surface area contributed by atoms with Crippen LogP contribution >= 0.6 is 12.2 Å². The van der Waals surface area contributed by atoms with Gasteiger partial charge in [-0.3, -0.25) is 0 Å². The van der Waals surface area contributed by atoms with Crippen LogP contribution in [-0.2, 0) is 0 Å². The average molecular weight is 266 g/mol. The van der Waals surface area contributed by atoms with Crippen molar-refractivity contribution in [2.45, 2.75) is 39.2 Å². The minimum Gasteiger partial charge on any atom is -0.497 e. The van der Waals surface area contributed by atoms with E-state index in [9.17, 15) is 0 Å². The van der Waals surface area contributed by atoms with Gasteiger partial charge in [-0.15, -0.1) is 0 Å². The molecule has 4 heteroatoms. The lowest BCUT2D eigenvalue weighted by Gasteiger charge is -2.28. The number of hydrogen-bond acceptors (Lipinski definition) is 3. The van der Waals surface area contributed by atoms with Crippen LogP contribution < -0.4 is 15.8 Å². The van der Waals surface area contributed by atoms with Crippen molar-refractivity contribution in [3.63, 3.8) is 0 Å². The molecule has 18 heavy (non-hydrogen) atoms. The zero-order valence-corrected chi connectivity index (χ0v) is 12.4. The van der Waals surface area contributed by atoms with E-state index in [1.54, 1.807) is 7.11 Å². The maximum Gasteiger partial charge on any atom is 0.120 e. The molecule has 0 aromatic heterocycles. The standard InChI is InChI=1S/C14H22N2OS/c1-5-8-14(2,3)16-12-9-10(17-4)6-7-11(12)13(15)18/h6-7,9,16H,5,8H2,1-4H3,(H2,15,18). The van der Waals surface area contributed by atoms with Crippen LogP contribution in [-0.4, -0.2) is 17.6 Å². The Morgan fingerprint density at radius 2 is 2.11 bits per heavy atom. The monoisotopic (exact) mass is 266 g/mol. The van der Waals surface area contributed by atoms with Crippen molar-refractivity contribution in [2.75, 3.05) is 12.4 Å². The van der Waals surface area contributed by atoms with Crippen LogP contribution in [0.2, 0.25) is 0 Å². The fraction of sp³-hybridized carbons (Fsp3) is 0.500. The summed E-state index contributed by atoms with van der Waals surface area (Å²) in [4.78, 5) is 0.396. The Labute approximate surface area is 115 Å². The molecule has 1 aromatic carbocycles. The zero-order chi connectivity index (χ0) is 13.8. The van der Waals surface area contributed by atoms with Crippen molar-refractivity contribution < 1.29 is 4.74 Å². The van der Waals surface area contributed by atoms with Crippen molar-refractivity contribution in [2.24, 2.45) is 5.73 Å². The first-order valence-corrected chi connectivity index (χ1v) is 6.56. The van der Waals surface area contributed by atoms with Gasteiger partial charge in [-0.2, -0.15) is 0 Å². The lowest BCUT2D eigenvalue weighted by Crippen LogP contribution is -2.31. The van der Waals surface area contributed by atoms with E-state index in [2.05, 4.69) is 26.1 Å². The number of nitrogens with one attached hydrogen (secondary N) is 1. The van der Waals surface area contributed by atoms with E-state index >= 15 is 0 Å². The summed E-state index contributed by atoms with van der Waals surface area (Å²) >= 11 is 5.08. The summed E-state index contributed by atoms with van der Waals surface area (Å²) in [7, 11) is 1.65. The van der Waals surface area contributed by atoms with Crippen LogP contribution in [0.5, 0.6) is 5.75 Å².